The number of hydrogen-bond donors (Lipinski definition) is 2. The van der Waals surface area contributed by atoms with E-state index in [-0.39, 0.29) is 17.8 Å². The van der Waals surface area contributed by atoms with Crippen LogP contribution in [0.5, 0.6) is 0 Å². The highest BCUT2D eigenvalue weighted by Crippen LogP contribution is 2.12. The molecule has 2 atom stereocenters. The fourth-order valence-corrected chi connectivity index (χ4v) is 3.74. The van der Waals surface area contributed by atoms with Crippen LogP contribution in [-0.4, -0.2) is 31.7 Å². The number of hydrogen-bond acceptors (Lipinski definition) is 4. The van der Waals surface area contributed by atoms with Gasteiger partial charge in [0.05, 0.1) is 17.5 Å². The Hall–Kier alpha value is -0.980. The molecule has 0 spiro atoms. The zero-order valence-corrected chi connectivity index (χ0v) is 11.3. The van der Waals surface area contributed by atoms with Crippen LogP contribution >= 0.6 is 0 Å². The van der Waals surface area contributed by atoms with Crippen LogP contribution in [0.1, 0.15) is 31.5 Å². The highest BCUT2D eigenvalue weighted by Gasteiger charge is 2.23. The van der Waals surface area contributed by atoms with Crippen LogP contribution in [0.4, 0.5) is 0 Å². The molecule has 2 heterocycles. The average molecular weight is 269 g/mol. The molecule has 0 aliphatic carbocycles. The van der Waals surface area contributed by atoms with E-state index >= 15 is 0 Å². The van der Waals surface area contributed by atoms with Crippen LogP contribution in [0, 0.1) is 0 Å². The lowest BCUT2D eigenvalue weighted by atomic mass is 10.2. The van der Waals surface area contributed by atoms with Crippen molar-refractivity contribution in [2.75, 3.05) is 12.3 Å². The van der Waals surface area contributed by atoms with Crippen LogP contribution in [-0.2, 0) is 10.0 Å². The first kappa shape index (κ1) is 13.5. The van der Waals surface area contributed by atoms with Gasteiger partial charge in [-0.15, -0.1) is 0 Å². The summed E-state index contributed by atoms with van der Waals surface area (Å²) in [6, 6.07) is 5.27. The van der Waals surface area contributed by atoms with E-state index in [9.17, 15) is 8.42 Å². The van der Waals surface area contributed by atoms with Crippen molar-refractivity contribution in [3.05, 3.63) is 30.1 Å². The van der Waals surface area contributed by atoms with Gasteiger partial charge in [0.15, 0.2) is 0 Å². The number of sulfonamides is 1. The maximum Gasteiger partial charge on any atom is 0.213 e. The number of rotatable bonds is 5. The summed E-state index contributed by atoms with van der Waals surface area (Å²) in [4.78, 5) is 4.15. The van der Waals surface area contributed by atoms with Gasteiger partial charge in [0.2, 0.25) is 10.0 Å². The van der Waals surface area contributed by atoms with E-state index in [1.54, 1.807) is 6.20 Å². The zero-order chi connectivity index (χ0) is 13.0. The standard InChI is InChI=1S/C12H19N3O2S/c1-10(12-6-2-3-7-14-12)15-18(16,17)9-11-5-4-8-13-11/h2-3,6-7,10-11,13,15H,4-5,8-9H2,1H3. The fourth-order valence-electron chi connectivity index (χ4n) is 2.17. The van der Waals surface area contributed by atoms with E-state index in [2.05, 4.69) is 15.0 Å². The van der Waals surface area contributed by atoms with Gasteiger partial charge in [-0.05, 0) is 38.4 Å². The van der Waals surface area contributed by atoms with Crippen LogP contribution in [0.15, 0.2) is 24.4 Å². The Morgan fingerprint density at radius 3 is 3.00 bits per heavy atom. The molecule has 0 radical (unpaired) electrons. The minimum atomic E-state index is -3.26. The second-order valence-corrected chi connectivity index (χ2v) is 6.47. The topological polar surface area (TPSA) is 71.1 Å². The van der Waals surface area contributed by atoms with Crippen molar-refractivity contribution < 1.29 is 8.42 Å². The summed E-state index contributed by atoms with van der Waals surface area (Å²) in [6.07, 6.45) is 3.65. The Balaban J connectivity index is 1.95. The Morgan fingerprint density at radius 2 is 2.39 bits per heavy atom. The summed E-state index contributed by atoms with van der Waals surface area (Å²) in [7, 11) is -3.26. The quantitative estimate of drug-likeness (QED) is 0.830. The second-order valence-electron chi connectivity index (χ2n) is 4.67. The molecular formula is C12H19N3O2S. The molecular weight excluding hydrogens is 250 g/mol. The molecule has 100 valence electrons. The van der Waals surface area contributed by atoms with Crippen molar-refractivity contribution in [3.63, 3.8) is 0 Å². The van der Waals surface area contributed by atoms with Crippen LogP contribution < -0.4 is 10.0 Å². The molecule has 1 saturated heterocycles. The van der Waals surface area contributed by atoms with Crippen LogP contribution in [0.3, 0.4) is 0 Å². The van der Waals surface area contributed by atoms with Gasteiger partial charge >= 0.3 is 0 Å². The lowest BCUT2D eigenvalue weighted by Gasteiger charge is -2.16. The molecule has 1 aliphatic rings. The van der Waals surface area contributed by atoms with Gasteiger partial charge in [0.1, 0.15) is 0 Å². The summed E-state index contributed by atoms with van der Waals surface area (Å²) in [5, 5.41) is 3.19. The van der Waals surface area contributed by atoms with Gasteiger partial charge < -0.3 is 5.32 Å². The van der Waals surface area contributed by atoms with Gasteiger partial charge in [-0.3, -0.25) is 4.98 Å². The number of nitrogens with one attached hydrogen (secondary N) is 2. The van der Waals surface area contributed by atoms with Crippen molar-refractivity contribution in [1.29, 1.82) is 0 Å². The molecule has 1 fully saturated rings. The molecule has 6 heteroatoms. The number of nitrogens with zero attached hydrogens (tertiary/aromatic N) is 1. The molecule has 0 bridgehead atoms. The van der Waals surface area contributed by atoms with Gasteiger partial charge in [0, 0.05) is 12.2 Å². The Kier molecular flexibility index (Phi) is 4.31. The van der Waals surface area contributed by atoms with Gasteiger partial charge in [-0.1, -0.05) is 6.07 Å². The molecule has 1 aromatic heterocycles. The maximum absolute atomic E-state index is 12.0. The molecule has 0 saturated carbocycles. The van der Waals surface area contributed by atoms with Crippen molar-refractivity contribution in [1.82, 2.24) is 15.0 Å². The Bertz CT molecular complexity index is 469. The smallest absolute Gasteiger partial charge is 0.213 e. The third kappa shape index (κ3) is 3.76. The van der Waals surface area contributed by atoms with Crippen molar-refractivity contribution in [3.8, 4) is 0 Å². The number of aromatic nitrogens is 1. The maximum atomic E-state index is 12.0. The molecule has 18 heavy (non-hydrogen) atoms. The van der Waals surface area contributed by atoms with Gasteiger partial charge in [-0.25, -0.2) is 13.1 Å². The first-order chi connectivity index (χ1) is 8.57. The lowest BCUT2D eigenvalue weighted by Crippen LogP contribution is -2.37. The minimum Gasteiger partial charge on any atom is -0.313 e. The largest absolute Gasteiger partial charge is 0.313 e. The van der Waals surface area contributed by atoms with Crippen molar-refractivity contribution in [2.45, 2.75) is 31.8 Å². The van der Waals surface area contributed by atoms with Crippen LogP contribution in [0.25, 0.3) is 0 Å². The van der Waals surface area contributed by atoms with Gasteiger partial charge in [-0.2, -0.15) is 0 Å². The van der Waals surface area contributed by atoms with E-state index in [4.69, 9.17) is 0 Å². The van der Waals surface area contributed by atoms with Gasteiger partial charge in [0.25, 0.3) is 0 Å². The molecule has 1 aromatic rings. The predicted octanol–water partition coefficient (Wildman–Crippen LogP) is 0.814. The first-order valence-corrected chi connectivity index (χ1v) is 7.86. The van der Waals surface area contributed by atoms with E-state index in [0.29, 0.717) is 0 Å². The molecule has 5 nitrogen and oxygen atoms in total. The summed E-state index contributed by atoms with van der Waals surface area (Å²) in [5.41, 5.74) is 0.737. The molecule has 0 amide bonds. The van der Waals surface area contributed by atoms with Crippen LogP contribution in [0.2, 0.25) is 0 Å². The molecule has 2 unspecified atom stereocenters. The monoisotopic (exact) mass is 269 g/mol. The Morgan fingerprint density at radius 1 is 1.56 bits per heavy atom. The molecule has 1 aliphatic heterocycles. The average Bonchev–Trinajstić information content (AvgIpc) is 2.81. The summed E-state index contributed by atoms with van der Waals surface area (Å²) in [5.74, 6) is 0.143. The van der Waals surface area contributed by atoms with E-state index in [1.165, 1.54) is 0 Å². The SMILES string of the molecule is CC(NS(=O)(=O)CC1CCCN1)c1ccccn1. The Labute approximate surface area is 108 Å². The summed E-state index contributed by atoms with van der Waals surface area (Å²) < 4.78 is 26.7. The molecule has 2 rings (SSSR count). The third-order valence-electron chi connectivity index (χ3n) is 3.07. The van der Waals surface area contributed by atoms with E-state index in [1.807, 2.05) is 25.1 Å². The van der Waals surface area contributed by atoms with Crippen molar-refractivity contribution in [2.24, 2.45) is 0 Å². The van der Waals surface area contributed by atoms with E-state index in [0.717, 1.165) is 25.1 Å². The predicted molar refractivity (Wildman–Crippen MR) is 70.6 cm³/mol. The molecule has 0 aromatic carbocycles. The summed E-state index contributed by atoms with van der Waals surface area (Å²) >= 11 is 0. The zero-order valence-electron chi connectivity index (χ0n) is 10.5. The fraction of sp³-hybridized carbons (Fsp3) is 0.583. The highest BCUT2D eigenvalue weighted by molar-refractivity contribution is 7.89. The molecule has 2 N–H and O–H groups in total. The number of pyridine rings is 1. The highest BCUT2D eigenvalue weighted by atomic mass is 32.2. The van der Waals surface area contributed by atoms with E-state index < -0.39 is 10.0 Å². The third-order valence-corrected chi connectivity index (χ3v) is 4.62. The second kappa shape index (κ2) is 5.77. The van der Waals surface area contributed by atoms with Crippen molar-refractivity contribution >= 4 is 10.0 Å². The first-order valence-electron chi connectivity index (χ1n) is 6.21. The minimum absolute atomic E-state index is 0.0819. The summed E-state index contributed by atoms with van der Waals surface area (Å²) in [6.45, 7) is 2.72. The lowest BCUT2D eigenvalue weighted by molar-refractivity contribution is 0.549. The normalized spacial score (nSPS) is 21.9.